The quantitative estimate of drug-likeness (QED) is 0.868. The molecule has 2 rings (SSSR count). The number of rotatable bonds is 2. The molecule has 1 N–H and O–H groups in total. The van der Waals surface area contributed by atoms with Gasteiger partial charge in [-0.1, -0.05) is 0 Å². The summed E-state index contributed by atoms with van der Waals surface area (Å²) in [5, 5.41) is 2.62. The Hall–Kier alpha value is -1.47. The van der Waals surface area contributed by atoms with Crippen LogP contribution < -0.4 is 5.32 Å². The summed E-state index contributed by atoms with van der Waals surface area (Å²) < 4.78 is 39.0. The van der Waals surface area contributed by atoms with Gasteiger partial charge in [0.25, 0.3) is 0 Å². The first kappa shape index (κ1) is 14.0. The van der Waals surface area contributed by atoms with Crippen LogP contribution in [-0.4, -0.2) is 38.3 Å². The number of hydrogen-bond acceptors (Lipinski definition) is 3. The molecule has 1 aliphatic heterocycles. The number of amides is 1. The molecule has 0 bridgehead atoms. The topological polar surface area (TPSA) is 66.5 Å². The first-order valence-corrected chi connectivity index (χ1v) is 7.38. The molecular formula is C12H15FN2O3S. The molecule has 5 nitrogen and oxygen atoms in total. The highest BCUT2D eigenvalue weighted by molar-refractivity contribution is 7.89. The van der Waals surface area contributed by atoms with Crippen molar-refractivity contribution in [2.75, 3.05) is 19.6 Å². The lowest BCUT2D eigenvalue weighted by atomic mass is 10.2. The van der Waals surface area contributed by atoms with Crippen molar-refractivity contribution < 1.29 is 17.6 Å². The Labute approximate surface area is 111 Å². The predicted octanol–water partition coefficient (Wildman–Crippen LogP) is 0.645. The van der Waals surface area contributed by atoms with E-state index in [2.05, 4.69) is 5.32 Å². The number of nitrogens with zero attached hydrogens (tertiary/aromatic N) is 1. The number of sulfonamides is 1. The third-order valence-electron chi connectivity index (χ3n) is 2.98. The van der Waals surface area contributed by atoms with Crippen molar-refractivity contribution in [1.29, 1.82) is 0 Å². The van der Waals surface area contributed by atoms with E-state index in [1.165, 1.54) is 19.1 Å². The van der Waals surface area contributed by atoms with Gasteiger partial charge in [0.2, 0.25) is 15.9 Å². The molecule has 1 fully saturated rings. The fourth-order valence-electron chi connectivity index (χ4n) is 2.02. The van der Waals surface area contributed by atoms with Gasteiger partial charge in [0.05, 0.1) is 11.4 Å². The van der Waals surface area contributed by atoms with E-state index in [4.69, 9.17) is 0 Å². The van der Waals surface area contributed by atoms with Crippen molar-refractivity contribution in [2.45, 2.75) is 18.2 Å². The standard InChI is InChI=1S/C12H15FN2O3S/c1-9-7-10(13)3-4-11(9)19(17,18)15-6-2-5-14-12(16)8-15/h3-4,7H,2,5-6,8H2,1H3,(H,14,16). The zero-order chi connectivity index (χ0) is 14.0. The molecule has 1 aromatic rings. The molecule has 0 saturated carbocycles. The minimum atomic E-state index is -3.76. The summed E-state index contributed by atoms with van der Waals surface area (Å²) in [5.74, 6) is -0.800. The van der Waals surface area contributed by atoms with Crippen LogP contribution in [0.15, 0.2) is 23.1 Å². The smallest absolute Gasteiger partial charge is 0.243 e. The molecule has 0 aliphatic carbocycles. The van der Waals surface area contributed by atoms with Crippen LogP contribution in [0.2, 0.25) is 0 Å². The van der Waals surface area contributed by atoms with Gasteiger partial charge in [-0.15, -0.1) is 0 Å². The van der Waals surface area contributed by atoms with Crippen molar-refractivity contribution in [3.63, 3.8) is 0 Å². The lowest BCUT2D eigenvalue weighted by Gasteiger charge is -2.19. The maximum Gasteiger partial charge on any atom is 0.243 e. The van der Waals surface area contributed by atoms with Crippen molar-refractivity contribution in [2.24, 2.45) is 0 Å². The molecule has 0 spiro atoms. The highest BCUT2D eigenvalue weighted by atomic mass is 32.2. The number of carbonyl (C=O) groups is 1. The summed E-state index contributed by atoms with van der Waals surface area (Å²) in [6.45, 7) is 2.08. The Morgan fingerprint density at radius 3 is 2.79 bits per heavy atom. The SMILES string of the molecule is Cc1cc(F)ccc1S(=O)(=O)N1CCCNC(=O)C1. The van der Waals surface area contributed by atoms with E-state index in [1.54, 1.807) is 0 Å². The largest absolute Gasteiger partial charge is 0.355 e. The fraction of sp³-hybridized carbons (Fsp3) is 0.417. The molecule has 19 heavy (non-hydrogen) atoms. The second-order valence-electron chi connectivity index (χ2n) is 4.45. The molecular weight excluding hydrogens is 271 g/mol. The van der Waals surface area contributed by atoms with Crippen LogP contribution in [0.25, 0.3) is 0 Å². The van der Waals surface area contributed by atoms with Gasteiger partial charge < -0.3 is 5.32 Å². The van der Waals surface area contributed by atoms with Crippen LogP contribution in [0.4, 0.5) is 4.39 Å². The second kappa shape index (κ2) is 5.26. The van der Waals surface area contributed by atoms with Crippen LogP contribution in [0.5, 0.6) is 0 Å². The molecule has 0 aromatic heterocycles. The first-order valence-electron chi connectivity index (χ1n) is 5.94. The van der Waals surface area contributed by atoms with E-state index >= 15 is 0 Å². The molecule has 1 amide bonds. The Morgan fingerprint density at radius 1 is 1.37 bits per heavy atom. The molecule has 1 heterocycles. The van der Waals surface area contributed by atoms with E-state index in [0.29, 0.717) is 18.5 Å². The molecule has 0 radical (unpaired) electrons. The fourth-order valence-corrected chi connectivity index (χ4v) is 3.67. The summed E-state index contributed by atoms with van der Waals surface area (Å²) >= 11 is 0. The number of carbonyl (C=O) groups excluding carboxylic acids is 1. The van der Waals surface area contributed by atoms with E-state index in [-0.39, 0.29) is 23.9 Å². The normalized spacial score (nSPS) is 17.9. The minimum Gasteiger partial charge on any atom is -0.355 e. The van der Waals surface area contributed by atoms with E-state index in [9.17, 15) is 17.6 Å². The average molecular weight is 286 g/mol. The van der Waals surface area contributed by atoms with Gasteiger partial charge >= 0.3 is 0 Å². The van der Waals surface area contributed by atoms with Crippen molar-refractivity contribution in [3.05, 3.63) is 29.6 Å². The summed E-state index contributed by atoms with van der Waals surface area (Å²) in [6, 6.07) is 3.52. The maximum absolute atomic E-state index is 13.0. The van der Waals surface area contributed by atoms with Gasteiger partial charge in [0, 0.05) is 13.1 Å². The van der Waals surface area contributed by atoms with Crippen LogP contribution in [0.3, 0.4) is 0 Å². The lowest BCUT2D eigenvalue weighted by Crippen LogP contribution is -2.37. The van der Waals surface area contributed by atoms with Crippen molar-refractivity contribution in [1.82, 2.24) is 9.62 Å². The number of aryl methyl sites for hydroxylation is 1. The van der Waals surface area contributed by atoms with Gasteiger partial charge in [-0.25, -0.2) is 12.8 Å². The third kappa shape index (κ3) is 2.93. The van der Waals surface area contributed by atoms with Gasteiger partial charge in [-0.2, -0.15) is 4.31 Å². The zero-order valence-corrected chi connectivity index (χ0v) is 11.3. The molecule has 104 valence electrons. The first-order chi connectivity index (χ1) is 8.91. The zero-order valence-electron chi connectivity index (χ0n) is 10.5. The highest BCUT2D eigenvalue weighted by Crippen LogP contribution is 2.21. The molecule has 0 atom stereocenters. The molecule has 1 aromatic carbocycles. The molecule has 1 aliphatic rings. The predicted molar refractivity (Wildman–Crippen MR) is 67.5 cm³/mol. The Bertz CT molecular complexity index is 601. The van der Waals surface area contributed by atoms with Crippen molar-refractivity contribution >= 4 is 15.9 Å². The van der Waals surface area contributed by atoms with Gasteiger partial charge in [-0.3, -0.25) is 4.79 Å². The molecule has 7 heteroatoms. The number of hydrogen-bond donors (Lipinski definition) is 1. The Balaban J connectivity index is 2.38. The van der Waals surface area contributed by atoms with Crippen LogP contribution in [0.1, 0.15) is 12.0 Å². The lowest BCUT2D eigenvalue weighted by molar-refractivity contribution is -0.120. The van der Waals surface area contributed by atoms with Gasteiger partial charge in [0.15, 0.2) is 0 Å². The highest BCUT2D eigenvalue weighted by Gasteiger charge is 2.29. The molecule has 1 saturated heterocycles. The van der Waals surface area contributed by atoms with Crippen LogP contribution >= 0.6 is 0 Å². The summed E-state index contributed by atoms with van der Waals surface area (Å²) in [6.07, 6.45) is 0.561. The van der Waals surface area contributed by atoms with E-state index in [1.807, 2.05) is 0 Å². The number of nitrogens with one attached hydrogen (secondary N) is 1. The second-order valence-corrected chi connectivity index (χ2v) is 6.36. The Kier molecular flexibility index (Phi) is 3.86. The summed E-state index contributed by atoms with van der Waals surface area (Å²) in [7, 11) is -3.76. The van der Waals surface area contributed by atoms with Crippen LogP contribution in [0, 0.1) is 12.7 Å². The van der Waals surface area contributed by atoms with E-state index in [0.717, 1.165) is 10.4 Å². The van der Waals surface area contributed by atoms with Gasteiger partial charge in [0.1, 0.15) is 5.82 Å². The minimum absolute atomic E-state index is 0.0450. The van der Waals surface area contributed by atoms with E-state index < -0.39 is 15.8 Å². The monoisotopic (exact) mass is 286 g/mol. The summed E-state index contributed by atoms with van der Waals surface area (Å²) in [5.41, 5.74) is 0.338. The maximum atomic E-state index is 13.0. The number of benzene rings is 1. The Morgan fingerprint density at radius 2 is 2.11 bits per heavy atom. The molecule has 0 unspecified atom stereocenters. The van der Waals surface area contributed by atoms with Crippen LogP contribution in [-0.2, 0) is 14.8 Å². The van der Waals surface area contributed by atoms with Crippen molar-refractivity contribution in [3.8, 4) is 0 Å². The average Bonchev–Trinajstić information content (AvgIpc) is 2.53. The summed E-state index contributed by atoms with van der Waals surface area (Å²) in [4.78, 5) is 11.5. The van der Waals surface area contributed by atoms with Gasteiger partial charge in [-0.05, 0) is 37.1 Å². The number of halogens is 1. The third-order valence-corrected chi connectivity index (χ3v) is 4.99.